The van der Waals surface area contributed by atoms with Gasteiger partial charge in [0.05, 0.1) is 13.2 Å². The fraction of sp³-hybridized carbons (Fsp3) is 0.360. The zero-order valence-electron chi connectivity index (χ0n) is 18.2. The minimum atomic E-state index is -0.662. The number of rotatable bonds is 4. The molecule has 29 heavy (non-hydrogen) atoms. The number of aliphatic hydroxyl groups excluding tert-OH is 1. The molecule has 0 amide bonds. The van der Waals surface area contributed by atoms with Crippen molar-refractivity contribution in [1.29, 1.82) is 5.26 Å². The molecule has 0 radical (unpaired) electrons. The SMILES string of the molecule is CC.CC.CC(C)(CO)COC(=O)C(C#N)=C1c2ccccc2-c2ccccc21. The molecular formula is C25H31NO3. The molecule has 2 aromatic rings. The highest BCUT2D eigenvalue weighted by molar-refractivity contribution is 6.12. The summed E-state index contributed by atoms with van der Waals surface area (Å²) >= 11 is 0. The van der Waals surface area contributed by atoms with E-state index in [4.69, 9.17) is 4.74 Å². The van der Waals surface area contributed by atoms with Crippen LogP contribution in [-0.2, 0) is 9.53 Å². The van der Waals surface area contributed by atoms with Gasteiger partial charge in [0.25, 0.3) is 0 Å². The molecule has 0 bridgehead atoms. The fourth-order valence-corrected chi connectivity index (χ4v) is 2.87. The zero-order chi connectivity index (χ0) is 22.0. The lowest BCUT2D eigenvalue weighted by atomic mass is 9.96. The maximum Gasteiger partial charge on any atom is 0.349 e. The second-order valence-corrected chi connectivity index (χ2v) is 6.85. The Kier molecular flexibility index (Phi) is 9.31. The first-order valence-electron chi connectivity index (χ1n) is 10.1. The molecular weight excluding hydrogens is 362 g/mol. The number of ether oxygens (including phenoxy) is 1. The predicted molar refractivity (Wildman–Crippen MR) is 118 cm³/mol. The molecule has 0 saturated carbocycles. The minimum Gasteiger partial charge on any atom is -0.461 e. The Labute approximate surface area is 174 Å². The summed E-state index contributed by atoms with van der Waals surface area (Å²) < 4.78 is 5.31. The highest BCUT2D eigenvalue weighted by Crippen LogP contribution is 2.45. The Morgan fingerprint density at radius 2 is 1.34 bits per heavy atom. The van der Waals surface area contributed by atoms with Crippen LogP contribution in [0.1, 0.15) is 52.7 Å². The molecule has 2 aromatic carbocycles. The lowest BCUT2D eigenvalue weighted by molar-refractivity contribution is -0.142. The van der Waals surface area contributed by atoms with Crippen LogP contribution in [0.5, 0.6) is 0 Å². The largest absolute Gasteiger partial charge is 0.461 e. The fourth-order valence-electron chi connectivity index (χ4n) is 2.87. The lowest BCUT2D eigenvalue weighted by Gasteiger charge is -2.21. The Hall–Kier alpha value is -2.90. The van der Waals surface area contributed by atoms with Gasteiger partial charge < -0.3 is 9.84 Å². The molecule has 0 aromatic heterocycles. The summed E-state index contributed by atoms with van der Waals surface area (Å²) in [6.45, 7) is 11.5. The van der Waals surface area contributed by atoms with Gasteiger partial charge in [0.15, 0.2) is 0 Å². The first kappa shape index (κ1) is 24.1. The molecule has 0 fully saturated rings. The van der Waals surface area contributed by atoms with Gasteiger partial charge in [-0.05, 0) is 22.3 Å². The van der Waals surface area contributed by atoms with Crippen molar-refractivity contribution < 1.29 is 14.6 Å². The van der Waals surface area contributed by atoms with E-state index in [0.717, 1.165) is 22.3 Å². The van der Waals surface area contributed by atoms with E-state index >= 15 is 0 Å². The number of nitrogens with zero attached hydrogens (tertiary/aromatic N) is 1. The van der Waals surface area contributed by atoms with Crippen LogP contribution in [0, 0.1) is 16.7 Å². The van der Waals surface area contributed by atoms with Crippen LogP contribution in [-0.4, -0.2) is 24.3 Å². The van der Waals surface area contributed by atoms with E-state index in [1.54, 1.807) is 13.8 Å². The van der Waals surface area contributed by atoms with Crippen molar-refractivity contribution in [2.75, 3.05) is 13.2 Å². The number of hydrogen-bond donors (Lipinski definition) is 1. The molecule has 1 N–H and O–H groups in total. The van der Waals surface area contributed by atoms with Crippen molar-refractivity contribution >= 4 is 11.5 Å². The Bertz CT molecular complexity index is 857. The Morgan fingerprint density at radius 1 is 0.931 bits per heavy atom. The van der Waals surface area contributed by atoms with E-state index in [-0.39, 0.29) is 18.8 Å². The number of fused-ring (bicyclic) bond motifs is 3. The third kappa shape index (κ3) is 5.34. The Morgan fingerprint density at radius 3 is 1.72 bits per heavy atom. The van der Waals surface area contributed by atoms with Crippen LogP contribution in [0.25, 0.3) is 16.7 Å². The van der Waals surface area contributed by atoms with Crippen molar-refractivity contribution in [2.45, 2.75) is 41.5 Å². The molecule has 4 nitrogen and oxygen atoms in total. The zero-order valence-corrected chi connectivity index (χ0v) is 18.2. The van der Waals surface area contributed by atoms with E-state index in [2.05, 4.69) is 0 Å². The van der Waals surface area contributed by atoms with Gasteiger partial charge in [-0.3, -0.25) is 0 Å². The molecule has 0 heterocycles. The van der Waals surface area contributed by atoms with E-state index in [0.29, 0.717) is 5.57 Å². The number of nitriles is 1. The van der Waals surface area contributed by atoms with Crippen LogP contribution in [0.2, 0.25) is 0 Å². The standard InChI is InChI=1S/C21H19NO3.2C2H6/c1-21(2,12-23)13-25-20(24)18(11-22)19-16-9-5-3-7-14(16)15-8-4-6-10-17(15)19;2*1-2/h3-10,23H,12-13H2,1-2H3;2*1-2H3. The summed E-state index contributed by atoms with van der Waals surface area (Å²) in [6.07, 6.45) is 0. The molecule has 4 heteroatoms. The lowest BCUT2D eigenvalue weighted by Crippen LogP contribution is -2.26. The van der Waals surface area contributed by atoms with E-state index in [1.807, 2.05) is 82.3 Å². The van der Waals surface area contributed by atoms with Crippen LogP contribution >= 0.6 is 0 Å². The number of carbonyl (C=O) groups excluding carboxylic acids is 1. The summed E-state index contributed by atoms with van der Waals surface area (Å²) in [5.41, 5.74) is 3.78. The highest BCUT2D eigenvalue weighted by atomic mass is 16.5. The number of benzene rings is 2. The predicted octanol–water partition coefficient (Wildman–Crippen LogP) is 5.61. The van der Waals surface area contributed by atoms with Crippen LogP contribution in [0.3, 0.4) is 0 Å². The molecule has 0 spiro atoms. The van der Waals surface area contributed by atoms with Gasteiger partial charge in [0, 0.05) is 11.0 Å². The molecule has 1 aliphatic carbocycles. The molecule has 154 valence electrons. The number of carbonyl (C=O) groups is 1. The van der Waals surface area contributed by atoms with Crippen LogP contribution in [0.4, 0.5) is 0 Å². The summed E-state index contributed by atoms with van der Waals surface area (Å²) in [7, 11) is 0. The van der Waals surface area contributed by atoms with E-state index < -0.39 is 11.4 Å². The van der Waals surface area contributed by atoms with Gasteiger partial charge in [-0.1, -0.05) is 90.1 Å². The minimum absolute atomic E-state index is 0.00820. The van der Waals surface area contributed by atoms with Gasteiger partial charge >= 0.3 is 5.97 Å². The normalized spacial score (nSPS) is 10.9. The maximum absolute atomic E-state index is 12.6. The third-order valence-corrected chi connectivity index (χ3v) is 4.27. The average Bonchev–Trinajstić information content (AvgIpc) is 3.10. The second kappa shape index (κ2) is 11.2. The number of aliphatic hydroxyl groups is 1. The molecule has 0 unspecified atom stereocenters. The van der Waals surface area contributed by atoms with Gasteiger partial charge in [-0.2, -0.15) is 5.26 Å². The van der Waals surface area contributed by atoms with Gasteiger partial charge in [-0.15, -0.1) is 0 Å². The van der Waals surface area contributed by atoms with Crippen molar-refractivity contribution in [3.8, 4) is 17.2 Å². The van der Waals surface area contributed by atoms with E-state index in [9.17, 15) is 15.2 Å². The maximum atomic E-state index is 12.6. The molecule has 1 aliphatic rings. The quantitative estimate of drug-likeness (QED) is 0.355. The average molecular weight is 394 g/mol. The van der Waals surface area contributed by atoms with Crippen molar-refractivity contribution in [3.05, 3.63) is 65.2 Å². The topological polar surface area (TPSA) is 70.3 Å². The molecule has 3 rings (SSSR count). The summed E-state index contributed by atoms with van der Waals surface area (Å²) in [5.74, 6) is -0.662. The van der Waals surface area contributed by atoms with Crippen molar-refractivity contribution in [3.63, 3.8) is 0 Å². The number of esters is 1. The van der Waals surface area contributed by atoms with E-state index in [1.165, 1.54) is 0 Å². The number of hydrogen-bond acceptors (Lipinski definition) is 4. The smallest absolute Gasteiger partial charge is 0.349 e. The van der Waals surface area contributed by atoms with Gasteiger partial charge in [0.2, 0.25) is 0 Å². The van der Waals surface area contributed by atoms with Crippen molar-refractivity contribution in [2.24, 2.45) is 5.41 Å². The third-order valence-electron chi connectivity index (χ3n) is 4.27. The molecule has 0 atom stereocenters. The highest BCUT2D eigenvalue weighted by Gasteiger charge is 2.30. The van der Waals surface area contributed by atoms with Crippen LogP contribution < -0.4 is 0 Å². The summed E-state index contributed by atoms with van der Waals surface area (Å²) in [6, 6.07) is 17.5. The second-order valence-electron chi connectivity index (χ2n) is 6.85. The molecule has 0 aliphatic heterocycles. The first-order chi connectivity index (χ1) is 14.0. The summed E-state index contributed by atoms with van der Waals surface area (Å²) in [5, 5.41) is 18.9. The van der Waals surface area contributed by atoms with Crippen LogP contribution in [0.15, 0.2) is 54.1 Å². The monoisotopic (exact) mass is 393 g/mol. The summed E-state index contributed by atoms with van der Waals surface area (Å²) in [4.78, 5) is 12.6. The molecule has 0 saturated heterocycles. The van der Waals surface area contributed by atoms with Gasteiger partial charge in [0.1, 0.15) is 11.6 Å². The Balaban J connectivity index is 0.000000989. The van der Waals surface area contributed by atoms with Crippen molar-refractivity contribution in [1.82, 2.24) is 0 Å². The first-order valence-corrected chi connectivity index (χ1v) is 10.1. The van der Waals surface area contributed by atoms with Gasteiger partial charge in [-0.25, -0.2) is 4.79 Å².